The number of hydrogen-bond donors (Lipinski definition) is 5. The third kappa shape index (κ3) is 8.28. The number of hydrogen-bond acceptors (Lipinski definition) is 18. The van der Waals surface area contributed by atoms with Gasteiger partial charge in [0.2, 0.25) is 0 Å². The second kappa shape index (κ2) is 16.3. The first-order chi connectivity index (χ1) is 25.0. The molecule has 3 aromatic heterocycles. The van der Waals surface area contributed by atoms with E-state index in [4.69, 9.17) is 39.5 Å². The highest BCUT2D eigenvalue weighted by molar-refractivity contribution is 8.55. The number of nitrogens with one attached hydrogen (secondary N) is 1. The van der Waals surface area contributed by atoms with Crippen LogP contribution < -0.4 is 22.7 Å². The number of fused-ring (bicyclic) bond motifs is 1. The van der Waals surface area contributed by atoms with Crippen LogP contribution in [0, 0.1) is 0 Å². The third-order valence-corrected chi connectivity index (χ3v) is 11.8. The number of imidazole rings is 1. The van der Waals surface area contributed by atoms with Gasteiger partial charge in [0.25, 0.3) is 5.56 Å². The Bertz CT molecular complexity index is 2020. The first kappa shape index (κ1) is 37.7. The largest absolute Gasteiger partial charge is 0.453 e. The molecule has 0 spiro atoms. The molecule has 0 radical (unpaired) electrons. The molecule has 280 valence electrons. The number of nitrogens with zero attached hydrogens (tertiary/aromatic N) is 5. The number of H-pyrrole nitrogens is 1. The lowest BCUT2D eigenvalue weighted by Gasteiger charge is -2.28. The van der Waals surface area contributed by atoms with Crippen LogP contribution in [0.15, 0.2) is 64.8 Å². The van der Waals surface area contributed by atoms with Crippen LogP contribution in [0.4, 0.5) is 5.82 Å². The van der Waals surface area contributed by atoms with Gasteiger partial charge in [-0.15, -0.1) is 0 Å². The third-order valence-electron chi connectivity index (χ3n) is 8.43. The molecular formula is C30H37N8O12PS. The quantitative estimate of drug-likeness (QED) is 0.0596. The van der Waals surface area contributed by atoms with E-state index in [-0.39, 0.29) is 18.7 Å². The van der Waals surface area contributed by atoms with Crippen molar-refractivity contribution in [3.8, 4) is 0 Å². The Morgan fingerprint density at radius 1 is 1.13 bits per heavy atom. The topological polar surface area (TPSA) is 280 Å². The van der Waals surface area contributed by atoms with Gasteiger partial charge in [0.15, 0.2) is 17.7 Å². The van der Waals surface area contributed by atoms with Crippen LogP contribution in [0.2, 0.25) is 0 Å². The number of nitrogens with two attached hydrogens (primary N) is 2. The molecule has 0 bridgehead atoms. The molecule has 6 rings (SSSR count). The maximum absolute atomic E-state index is 14.5. The van der Waals surface area contributed by atoms with E-state index in [1.165, 1.54) is 26.0 Å². The van der Waals surface area contributed by atoms with E-state index in [1.54, 1.807) is 16.7 Å². The number of anilines is 1. The molecule has 20 nitrogen and oxygen atoms in total. The Hall–Kier alpha value is -4.02. The van der Waals surface area contributed by atoms with Gasteiger partial charge in [0.05, 0.1) is 25.6 Å². The predicted molar refractivity (Wildman–Crippen MR) is 182 cm³/mol. The Balaban J connectivity index is 1.19. The van der Waals surface area contributed by atoms with Crippen LogP contribution in [0.5, 0.6) is 0 Å². The first-order valence-corrected chi connectivity index (χ1v) is 19.0. The summed E-state index contributed by atoms with van der Waals surface area (Å²) in [6, 6.07) is 9.12. The Morgan fingerprint density at radius 3 is 2.65 bits per heavy atom. The van der Waals surface area contributed by atoms with Crippen molar-refractivity contribution < 1.29 is 47.6 Å². The van der Waals surface area contributed by atoms with E-state index in [2.05, 4.69) is 19.9 Å². The summed E-state index contributed by atoms with van der Waals surface area (Å²) >= 11 is 0.497. The van der Waals surface area contributed by atoms with Crippen molar-refractivity contribution in [2.24, 2.45) is 5.73 Å². The van der Waals surface area contributed by atoms with Gasteiger partial charge in [0, 0.05) is 37.2 Å². The molecular weight excluding hydrogens is 727 g/mol. The minimum atomic E-state index is -4.43. The van der Waals surface area contributed by atoms with Crippen LogP contribution in [-0.2, 0) is 43.8 Å². The molecule has 52 heavy (non-hydrogen) atoms. The first-order valence-electron chi connectivity index (χ1n) is 15.9. The molecule has 2 aliphatic heterocycles. The fourth-order valence-corrected chi connectivity index (χ4v) is 8.63. The number of rotatable bonds is 15. The van der Waals surface area contributed by atoms with Crippen LogP contribution in [0.1, 0.15) is 24.4 Å². The lowest BCUT2D eigenvalue weighted by Crippen LogP contribution is -2.39. The number of esters is 1. The Morgan fingerprint density at radius 2 is 1.92 bits per heavy atom. The summed E-state index contributed by atoms with van der Waals surface area (Å²) in [4.78, 5) is 51.5. The minimum absolute atomic E-state index is 0.0863. The Labute approximate surface area is 298 Å². The number of aromatic amines is 1. The van der Waals surface area contributed by atoms with Crippen molar-refractivity contribution in [3.63, 3.8) is 0 Å². The monoisotopic (exact) mass is 764 g/mol. The van der Waals surface area contributed by atoms with Gasteiger partial charge in [-0.25, -0.2) is 24.3 Å². The van der Waals surface area contributed by atoms with Crippen molar-refractivity contribution in [1.29, 1.82) is 0 Å². The number of carbonyl (C=O) groups excluding carboxylic acids is 1. The van der Waals surface area contributed by atoms with Crippen molar-refractivity contribution >= 4 is 41.1 Å². The minimum Gasteiger partial charge on any atom is -0.453 e. The zero-order valence-corrected chi connectivity index (χ0v) is 29.3. The summed E-state index contributed by atoms with van der Waals surface area (Å²) < 4.78 is 51.8. The molecule has 0 amide bonds. The highest BCUT2D eigenvalue weighted by Gasteiger charge is 2.51. The van der Waals surface area contributed by atoms with Crippen molar-refractivity contribution in [2.45, 2.75) is 61.9 Å². The van der Waals surface area contributed by atoms with Crippen LogP contribution in [0.25, 0.3) is 11.2 Å². The van der Waals surface area contributed by atoms with Gasteiger partial charge in [0.1, 0.15) is 54.5 Å². The van der Waals surface area contributed by atoms with Crippen molar-refractivity contribution in [1.82, 2.24) is 29.1 Å². The number of aliphatic hydroxyl groups is 2. The average Bonchev–Trinajstić information content (AvgIpc) is 3.82. The number of benzene rings is 1. The van der Waals surface area contributed by atoms with E-state index in [9.17, 15) is 29.2 Å². The van der Waals surface area contributed by atoms with Crippen molar-refractivity contribution in [2.75, 3.05) is 32.0 Å². The molecule has 1 aromatic carbocycles. The molecule has 5 heterocycles. The Kier molecular flexibility index (Phi) is 11.9. The molecule has 2 aliphatic rings. The normalized spacial score (nSPS) is 26.3. The van der Waals surface area contributed by atoms with Gasteiger partial charge >= 0.3 is 18.5 Å². The lowest BCUT2D eigenvalue weighted by atomic mass is 10.1. The number of carbonyl (C=O) groups is 1. The molecule has 2 fully saturated rings. The van der Waals surface area contributed by atoms with Gasteiger partial charge in [-0.1, -0.05) is 30.3 Å². The van der Waals surface area contributed by atoms with Gasteiger partial charge in [-0.2, -0.15) is 0 Å². The molecule has 9 atom stereocenters. The fraction of sp³-hybridized carbons (Fsp3) is 0.467. The van der Waals surface area contributed by atoms with E-state index < -0.39 is 92.2 Å². The highest BCUT2D eigenvalue weighted by Crippen LogP contribution is 2.63. The molecule has 3 unspecified atom stereocenters. The summed E-state index contributed by atoms with van der Waals surface area (Å²) in [6.07, 6.45) is -3.62. The fourth-order valence-electron chi connectivity index (χ4n) is 5.82. The molecule has 0 saturated carbocycles. The molecule has 22 heteroatoms. The lowest BCUT2D eigenvalue weighted by molar-refractivity contribution is -0.142. The number of methoxy groups -OCH3 is 1. The SMILES string of the molecule is CO[C@H]1C(OP(=O)(OC[C@H]2O[C@@H](n3cnc4c(N)ncnc43)C[C@H]2O)SCOC(=O)C(N)Cc2ccccc2)[C@@H](CO)O[C@H]1n1ccc(=O)[nH]c1=O. The van der Waals surface area contributed by atoms with E-state index in [1.807, 2.05) is 18.2 Å². The van der Waals surface area contributed by atoms with Gasteiger partial charge in [-0.05, 0) is 12.0 Å². The molecule has 4 aromatic rings. The number of ether oxygens (including phenoxy) is 4. The molecule has 2 saturated heterocycles. The van der Waals surface area contributed by atoms with E-state index in [0.29, 0.717) is 22.5 Å². The van der Waals surface area contributed by atoms with Gasteiger partial charge in [-0.3, -0.25) is 32.8 Å². The van der Waals surface area contributed by atoms with Gasteiger partial charge < -0.3 is 40.6 Å². The van der Waals surface area contributed by atoms with E-state index in [0.717, 1.165) is 16.2 Å². The second-order valence-corrected chi connectivity index (χ2v) is 15.8. The maximum atomic E-state index is 14.5. The summed E-state index contributed by atoms with van der Waals surface area (Å²) in [7, 11) is 1.28. The van der Waals surface area contributed by atoms with E-state index >= 15 is 0 Å². The summed E-state index contributed by atoms with van der Waals surface area (Å²) in [5, 5.41) is 21.1. The van der Waals surface area contributed by atoms with Crippen LogP contribution in [-0.4, -0.2) is 108 Å². The average molecular weight is 765 g/mol. The maximum Gasteiger partial charge on any atom is 0.392 e. The standard InChI is InChI=1S/C30H37N8O12PS/c1-45-25-24(19(11-39)49-28(25)37-8-7-21(41)36-30(37)43)50-51(44,52-15-46-29(42)17(31)9-16-5-3-2-4-6-16)47-12-20-18(40)10-22(48-20)38-14-35-23-26(32)33-13-34-27(23)38/h2-8,13-14,17-20,22,24-25,28,39-40H,9-12,15,31H2,1H3,(H2,32,33,34)(H,36,41,43)/t17?,18-,19-,20-,22-,24?,25+,28-,51?/m1/s1. The predicted octanol–water partition coefficient (Wildman–Crippen LogP) is -0.174. The summed E-state index contributed by atoms with van der Waals surface area (Å²) in [6.45, 7) is -5.56. The molecule has 0 aliphatic carbocycles. The molecule has 7 N–H and O–H groups in total. The van der Waals surface area contributed by atoms with Crippen LogP contribution in [0.3, 0.4) is 0 Å². The summed E-state index contributed by atoms with van der Waals surface area (Å²) in [5.41, 5.74) is 12.0. The van der Waals surface area contributed by atoms with Crippen LogP contribution >= 0.6 is 18.2 Å². The van der Waals surface area contributed by atoms with Crippen molar-refractivity contribution in [3.05, 3.63) is 81.7 Å². The number of nitrogen functional groups attached to an aromatic ring is 1. The number of aromatic nitrogens is 6. The zero-order valence-electron chi connectivity index (χ0n) is 27.6. The summed E-state index contributed by atoms with van der Waals surface area (Å²) in [5.74, 6) is -1.14. The smallest absolute Gasteiger partial charge is 0.392 e. The highest BCUT2D eigenvalue weighted by atomic mass is 32.7. The second-order valence-electron chi connectivity index (χ2n) is 11.8. The zero-order chi connectivity index (χ0) is 37.0. The number of aliphatic hydroxyl groups excluding tert-OH is 2.